The molecule has 4 heteroatoms. The van der Waals surface area contributed by atoms with E-state index in [2.05, 4.69) is 5.32 Å². The quantitative estimate of drug-likeness (QED) is 0.839. The van der Waals surface area contributed by atoms with Crippen molar-refractivity contribution in [2.75, 3.05) is 5.32 Å². The molecule has 0 saturated heterocycles. The van der Waals surface area contributed by atoms with Crippen LogP contribution in [0.1, 0.15) is 34.5 Å². The minimum absolute atomic E-state index is 0.0314. The predicted octanol–water partition coefficient (Wildman–Crippen LogP) is 2.79. The summed E-state index contributed by atoms with van der Waals surface area (Å²) in [5, 5.41) is 2.85. The molecule has 19 heavy (non-hydrogen) atoms. The summed E-state index contributed by atoms with van der Waals surface area (Å²) < 4.78 is 5.12. The number of carbonyl (C=O) groups excluding carboxylic acids is 2. The number of nitrogens with one attached hydrogen (secondary N) is 1. The molecule has 3 rings (SSSR count). The molecule has 1 aromatic heterocycles. The van der Waals surface area contributed by atoms with E-state index >= 15 is 0 Å². The van der Waals surface area contributed by atoms with Crippen molar-refractivity contribution in [1.82, 2.24) is 0 Å². The molecule has 1 aromatic carbocycles. The topological polar surface area (TPSA) is 59.3 Å². The van der Waals surface area contributed by atoms with Gasteiger partial charge in [-0.15, -0.1) is 0 Å². The standard InChI is InChI=1S/C15H13NO3/c17-14-5-1-3-10-9-11(6-7-12(10)16-14)15(18)13-4-2-8-19-13/h2,4,6-9H,1,3,5H2,(H,16,17). The minimum atomic E-state index is -0.136. The van der Waals surface area contributed by atoms with E-state index in [9.17, 15) is 9.59 Å². The van der Waals surface area contributed by atoms with Crippen molar-refractivity contribution in [3.05, 3.63) is 53.5 Å². The van der Waals surface area contributed by atoms with Gasteiger partial charge in [-0.3, -0.25) is 9.59 Å². The molecule has 1 aliphatic rings. The first-order valence-corrected chi connectivity index (χ1v) is 6.25. The number of ketones is 1. The molecule has 0 radical (unpaired) electrons. The van der Waals surface area contributed by atoms with E-state index in [0.29, 0.717) is 17.7 Å². The lowest BCUT2D eigenvalue weighted by Crippen LogP contribution is -2.09. The van der Waals surface area contributed by atoms with Crippen LogP contribution in [0.25, 0.3) is 0 Å². The summed E-state index contributed by atoms with van der Waals surface area (Å²) in [5.74, 6) is 0.227. The van der Waals surface area contributed by atoms with Gasteiger partial charge in [-0.1, -0.05) is 0 Å². The van der Waals surface area contributed by atoms with Gasteiger partial charge in [0, 0.05) is 17.7 Å². The van der Waals surface area contributed by atoms with Crippen molar-refractivity contribution in [3.8, 4) is 0 Å². The zero-order chi connectivity index (χ0) is 13.2. The van der Waals surface area contributed by atoms with E-state index in [4.69, 9.17) is 4.42 Å². The molecule has 0 saturated carbocycles. The lowest BCUT2D eigenvalue weighted by atomic mass is 10.0. The summed E-state index contributed by atoms with van der Waals surface area (Å²) in [4.78, 5) is 23.6. The number of aryl methyl sites for hydroxylation is 1. The second-order valence-electron chi connectivity index (χ2n) is 4.58. The van der Waals surface area contributed by atoms with Crippen molar-refractivity contribution >= 4 is 17.4 Å². The van der Waals surface area contributed by atoms with Crippen molar-refractivity contribution in [2.45, 2.75) is 19.3 Å². The van der Waals surface area contributed by atoms with Gasteiger partial charge < -0.3 is 9.73 Å². The highest BCUT2D eigenvalue weighted by Crippen LogP contribution is 2.24. The van der Waals surface area contributed by atoms with Crippen molar-refractivity contribution < 1.29 is 14.0 Å². The maximum Gasteiger partial charge on any atom is 0.228 e. The third-order valence-electron chi connectivity index (χ3n) is 3.24. The molecular weight excluding hydrogens is 242 g/mol. The highest BCUT2D eigenvalue weighted by atomic mass is 16.3. The average molecular weight is 255 g/mol. The number of benzene rings is 1. The van der Waals surface area contributed by atoms with E-state index in [1.165, 1.54) is 6.26 Å². The highest BCUT2D eigenvalue weighted by molar-refractivity contribution is 6.07. The third-order valence-corrected chi connectivity index (χ3v) is 3.24. The number of anilines is 1. The Kier molecular flexibility index (Phi) is 2.91. The van der Waals surface area contributed by atoms with Gasteiger partial charge in [0.2, 0.25) is 11.7 Å². The van der Waals surface area contributed by atoms with E-state index in [1.54, 1.807) is 24.3 Å². The van der Waals surface area contributed by atoms with Crippen LogP contribution < -0.4 is 5.32 Å². The fourth-order valence-corrected chi connectivity index (χ4v) is 2.27. The number of rotatable bonds is 2. The Balaban J connectivity index is 1.95. The molecule has 0 fully saturated rings. The maximum atomic E-state index is 12.2. The van der Waals surface area contributed by atoms with Crippen LogP contribution in [0.5, 0.6) is 0 Å². The maximum absolute atomic E-state index is 12.2. The van der Waals surface area contributed by atoms with Gasteiger partial charge in [0.05, 0.1) is 6.26 Å². The minimum Gasteiger partial charge on any atom is -0.461 e. The predicted molar refractivity (Wildman–Crippen MR) is 70.2 cm³/mol. The molecule has 4 nitrogen and oxygen atoms in total. The van der Waals surface area contributed by atoms with Crippen LogP contribution in [0.2, 0.25) is 0 Å². The van der Waals surface area contributed by atoms with E-state index in [-0.39, 0.29) is 11.7 Å². The number of fused-ring (bicyclic) bond motifs is 1. The van der Waals surface area contributed by atoms with E-state index < -0.39 is 0 Å². The van der Waals surface area contributed by atoms with E-state index in [0.717, 1.165) is 24.1 Å². The zero-order valence-corrected chi connectivity index (χ0v) is 10.3. The van der Waals surface area contributed by atoms with E-state index in [1.807, 2.05) is 6.07 Å². The zero-order valence-electron chi connectivity index (χ0n) is 10.3. The summed E-state index contributed by atoms with van der Waals surface area (Å²) in [7, 11) is 0. The van der Waals surface area contributed by atoms with Gasteiger partial charge in [-0.05, 0) is 48.7 Å². The molecule has 0 unspecified atom stereocenters. The summed E-state index contributed by atoms with van der Waals surface area (Å²) >= 11 is 0. The van der Waals surface area contributed by atoms with Crippen LogP contribution in [0.15, 0.2) is 41.0 Å². The molecule has 2 aromatic rings. The van der Waals surface area contributed by atoms with Crippen molar-refractivity contribution in [1.29, 1.82) is 0 Å². The summed E-state index contributed by atoms with van der Waals surface area (Å²) in [6, 6.07) is 8.68. The molecule has 0 bridgehead atoms. The Bertz CT molecular complexity index is 629. The SMILES string of the molecule is O=C1CCCc2cc(C(=O)c3ccco3)ccc2N1. The Labute approximate surface area is 110 Å². The number of hydrogen-bond acceptors (Lipinski definition) is 3. The number of furan rings is 1. The van der Waals surface area contributed by atoms with Crippen LogP contribution in [0.3, 0.4) is 0 Å². The van der Waals surface area contributed by atoms with Crippen LogP contribution in [0.4, 0.5) is 5.69 Å². The molecule has 0 spiro atoms. The third kappa shape index (κ3) is 2.29. The molecule has 1 N–H and O–H groups in total. The van der Waals surface area contributed by atoms with Gasteiger partial charge in [0.1, 0.15) is 0 Å². The molecule has 0 aliphatic carbocycles. The largest absolute Gasteiger partial charge is 0.461 e. The molecule has 96 valence electrons. The molecule has 1 amide bonds. The second kappa shape index (κ2) is 4.72. The summed E-state index contributed by atoms with van der Waals surface area (Å²) in [6.07, 6.45) is 3.61. The Morgan fingerprint density at radius 1 is 1.21 bits per heavy atom. The second-order valence-corrected chi connectivity index (χ2v) is 4.58. The first-order chi connectivity index (χ1) is 9.24. The smallest absolute Gasteiger partial charge is 0.228 e. The molecular formula is C15H13NO3. The number of hydrogen-bond donors (Lipinski definition) is 1. The van der Waals surface area contributed by atoms with Gasteiger partial charge in [0.15, 0.2) is 5.76 Å². The van der Waals surface area contributed by atoms with Gasteiger partial charge in [0.25, 0.3) is 0 Å². The molecule has 0 atom stereocenters. The van der Waals surface area contributed by atoms with Gasteiger partial charge >= 0.3 is 0 Å². The monoisotopic (exact) mass is 255 g/mol. The Hall–Kier alpha value is -2.36. The highest BCUT2D eigenvalue weighted by Gasteiger charge is 2.17. The lowest BCUT2D eigenvalue weighted by Gasteiger charge is -2.08. The van der Waals surface area contributed by atoms with Crippen LogP contribution >= 0.6 is 0 Å². The lowest BCUT2D eigenvalue weighted by molar-refractivity contribution is -0.116. The summed E-state index contributed by atoms with van der Waals surface area (Å²) in [5.41, 5.74) is 2.40. The normalized spacial score (nSPS) is 14.4. The fraction of sp³-hybridized carbons (Fsp3) is 0.200. The molecule has 1 aliphatic heterocycles. The van der Waals surface area contributed by atoms with Crippen molar-refractivity contribution in [3.63, 3.8) is 0 Å². The van der Waals surface area contributed by atoms with Crippen molar-refractivity contribution in [2.24, 2.45) is 0 Å². The van der Waals surface area contributed by atoms with Crippen LogP contribution in [-0.2, 0) is 11.2 Å². The molecule has 2 heterocycles. The number of carbonyl (C=O) groups is 2. The Morgan fingerprint density at radius 2 is 2.11 bits per heavy atom. The van der Waals surface area contributed by atoms with Gasteiger partial charge in [-0.25, -0.2) is 0 Å². The van der Waals surface area contributed by atoms with Crippen LogP contribution in [-0.4, -0.2) is 11.7 Å². The first-order valence-electron chi connectivity index (χ1n) is 6.25. The number of amides is 1. The fourth-order valence-electron chi connectivity index (χ4n) is 2.27. The van der Waals surface area contributed by atoms with Gasteiger partial charge in [-0.2, -0.15) is 0 Å². The Morgan fingerprint density at radius 3 is 2.89 bits per heavy atom. The summed E-state index contributed by atoms with van der Waals surface area (Å²) in [6.45, 7) is 0. The first kappa shape index (κ1) is 11.7. The van der Waals surface area contributed by atoms with Crippen LogP contribution in [0, 0.1) is 0 Å². The average Bonchev–Trinajstić information content (AvgIpc) is 2.87.